The van der Waals surface area contributed by atoms with E-state index in [0.29, 0.717) is 24.1 Å². The van der Waals surface area contributed by atoms with Crippen LogP contribution in [0.5, 0.6) is 11.5 Å². The van der Waals surface area contributed by atoms with Gasteiger partial charge in [-0.2, -0.15) is 0 Å². The zero-order valence-electron chi connectivity index (χ0n) is 21.5. The first-order valence-corrected chi connectivity index (χ1v) is 15.4. The molecule has 1 atom stereocenters. The van der Waals surface area contributed by atoms with Gasteiger partial charge >= 0.3 is 0 Å². The van der Waals surface area contributed by atoms with E-state index in [1.54, 1.807) is 12.1 Å². The Labute approximate surface area is 214 Å². The molecule has 35 heavy (non-hydrogen) atoms. The van der Waals surface area contributed by atoms with Gasteiger partial charge in [0.2, 0.25) is 0 Å². The number of hydrogen-bond acceptors (Lipinski definition) is 7. The van der Waals surface area contributed by atoms with Gasteiger partial charge in [-0.1, -0.05) is 31.5 Å². The third kappa shape index (κ3) is 15.0. The van der Waals surface area contributed by atoms with Crippen LogP contribution in [0.2, 0.25) is 0 Å². The summed E-state index contributed by atoms with van der Waals surface area (Å²) >= 11 is 0. The highest BCUT2D eigenvalue weighted by molar-refractivity contribution is 7.95. The molecule has 7 nitrogen and oxygen atoms in total. The fraction of sp³-hybridized carbons (Fsp3) is 0.538. The molecule has 9 heteroatoms. The quantitative estimate of drug-likeness (QED) is 0.192. The Morgan fingerprint density at radius 1 is 0.829 bits per heavy atom. The zero-order chi connectivity index (χ0) is 26.1. The highest BCUT2D eigenvalue weighted by Gasteiger charge is 2.11. The van der Waals surface area contributed by atoms with E-state index < -0.39 is 10.1 Å². The van der Waals surface area contributed by atoms with Crippen molar-refractivity contribution in [3.05, 3.63) is 54.1 Å². The molecule has 0 bridgehead atoms. The molecule has 2 aromatic carbocycles. The van der Waals surface area contributed by atoms with E-state index in [4.69, 9.17) is 18.9 Å². The van der Waals surface area contributed by atoms with Gasteiger partial charge in [-0.25, -0.2) is 8.42 Å². The maximum atomic E-state index is 10.4. The smallest absolute Gasteiger partial charge is 0.141 e. The van der Waals surface area contributed by atoms with Gasteiger partial charge in [0.05, 0.1) is 24.0 Å². The number of ether oxygens (including phenoxy) is 4. The lowest BCUT2D eigenvalue weighted by atomic mass is 10.2. The Morgan fingerprint density at radius 3 is 1.91 bits per heavy atom. The average Bonchev–Trinajstić information content (AvgIpc) is 2.81. The van der Waals surface area contributed by atoms with Crippen LogP contribution in [0.1, 0.15) is 32.3 Å². The average molecular weight is 529 g/mol. The fourth-order valence-corrected chi connectivity index (χ4v) is 3.53. The van der Waals surface area contributed by atoms with Gasteiger partial charge < -0.3 is 23.5 Å². The number of benzene rings is 2. The summed E-state index contributed by atoms with van der Waals surface area (Å²) in [5.41, 5.74) is 0.928. The predicted octanol–water partition coefficient (Wildman–Crippen LogP) is 4.44. The van der Waals surface area contributed by atoms with Gasteiger partial charge in [0.15, 0.2) is 0 Å². The van der Waals surface area contributed by atoms with Crippen LogP contribution in [0.4, 0.5) is 0 Å². The SMILES string of the molecule is CCCOCC(COc1ccc(OCC[S+](C)C)cc1)OCCC.Cc1ccc(S(=O)(=O)[O-])cc1. The number of rotatable bonds is 15. The van der Waals surface area contributed by atoms with Crippen LogP contribution < -0.4 is 9.47 Å². The summed E-state index contributed by atoms with van der Waals surface area (Å²) in [6, 6.07) is 13.6. The summed E-state index contributed by atoms with van der Waals surface area (Å²) in [6.45, 7) is 9.34. The molecule has 198 valence electrons. The molecule has 0 amide bonds. The normalized spacial score (nSPS) is 12.1. The van der Waals surface area contributed by atoms with E-state index in [1.165, 1.54) is 12.1 Å². The van der Waals surface area contributed by atoms with Gasteiger partial charge in [-0.3, -0.25) is 0 Å². The van der Waals surface area contributed by atoms with Crippen molar-refractivity contribution in [1.82, 2.24) is 0 Å². The fourth-order valence-electron chi connectivity index (χ4n) is 2.64. The summed E-state index contributed by atoms with van der Waals surface area (Å²) < 4.78 is 54.1. The molecule has 0 aliphatic carbocycles. The Kier molecular flexibility index (Phi) is 15.7. The maximum absolute atomic E-state index is 10.4. The minimum Gasteiger partial charge on any atom is -0.744 e. The molecule has 0 N–H and O–H groups in total. The molecule has 0 aliphatic heterocycles. The Balaban J connectivity index is 0.000000462. The summed E-state index contributed by atoms with van der Waals surface area (Å²) in [6.07, 6.45) is 6.43. The Hall–Kier alpha value is -1.78. The third-order valence-corrected chi connectivity index (χ3v) is 6.37. The first-order chi connectivity index (χ1) is 16.7. The molecule has 1 unspecified atom stereocenters. The van der Waals surface area contributed by atoms with Gasteiger partial charge in [0, 0.05) is 13.2 Å². The van der Waals surface area contributed by atoms with Crippen LogP contribution >= 0.6 is 0 Å². The van der Waals surface area contributed by atoms with E-state index in [2.05, 4.69) is 26.4 Å². The largest absolute Gasteiger partial charge is 0.744 e. The van der Waals surface area contributed by atoms with Crippen LogP contribution in [-0.4, -0.2) is 70.4 Å². The molecular formula is C26H40O7S2. The predicted molar refractivity (Wildman–Crippen MR) is 142 cm³/mol. The van der Waals surface area contributed by atoms with Gasteiger partial charge in [-0.15, -0.1) is 0 Å². The van der Waals surface area contributed by atoms with Crippen molar-refractivity contribution in [3.8, 4) is 11.5 Å². The summed E-state index contributed by atoms with van der Waals surface area (Å²) in [7, 11) is -3.85. The summed E-state index contributed by atoms with van der Waals surface area (Å²) in [5, 5.41) is 0. The van der Waals surface area contributed by atoms with Crippen molar-refractivity contribution < 1.29 is 31.9 Å². The van der Waals surface area contributed by atoms with Crippen molar-refractivity contribution in [3.63, 3.8) is 0 Å². The standard InChI is InChI=1S/C19H33O4S.C7H8O3S/c1-5-11-20-15-19(21-12-6-2)16-23-18-9-7-17(8-10-18)22-13-14-24(3)4;1-6-2-4-7(5-3-6)11(8,9)10/h7-10,19H,5-6,11-16H2,1-4H3;2-5H,1H3,(H,8,9,10)/q+1;/p-1. The second-order valence-electron chi connectivity index (χ2n) is 8.16. The van der Waals surface area contributed by atoms with Crippen LogP contribution in [-0.2, 0) is 30.5 Å². The molecular weight excluding hydrogens is 488 g/mol. The van der Waals surface area contributed by atoms with E-state index in [9.17, 15) is 13.0 Å². The van der Waals surface area contributed by atoms with E-state index in [0.717, 1.165) is 55.5 Å². The van der Waals surface area contributed by atoms with Crippen molar-refractivity contribution in [2.24, 2.45) is 0 Å². The first kappa shape index (κ1) is 31.3. The number of aryl methyl sites for hydroxylation is 1. The Bertz CT molecular complexity index is 898. The molecule has 0 saturated heterocycles. The molecule has 0 radical (unpaired) electrons. The van der Waals surface area contributed by atoms with Crippen molar-refractivity contribution in [2.75, 3.05) is 51.3 Å². The Morgan fingerprint density at radius 2 is 1.40 bits per heavy atom. The summed E-state index contributed by atoms with van der Waals surface area (Å²) in [5.74, 6) is 2.80. The molecule has 2 aromatic rings. The van der Waals surface area contributed by atoms with Crippen LogP contribution in [0, 0.1) is 6.92 Å². The second kappa shape index (κ2) is 17.6. The number of hydrogen-bond donors (Lipinski definition) is 0. The maximum Gasteiger partial charge on any atom is 0.141 e. The monoisotopic (exact) mass is 528 g/mol. The van der Waals surface area contributed by atoms with Crippen molar-refractivity contribution in [1.29, 1.82) is 0 Å². The van der Waals surface area contributed by atoms with Crippen molar-refractivity contribution >= 4 is 21.0 Å². The molecule has 0 aromatic heterocycles. The van der Waals surface area contributed by atoms with Gasteiger partial charge in [0.1, 0.15) is 46.7 Å². The van der Waals surface area contributed by atoms with Crippen molar-refractivity contribution in [2.45, 2.75) is 44.6 Å². The van der Waals surface area contributed by atoms with Gasteiger partial charge in [-0.05, 0) is 67.1 Å². The van der Waals surface area contributed by atoms with Gasteiger partial charge in [0.25, 0.3) is 0 Å². The molecule has 0 spiro atoms. The van der Waals surface area contributed by atoms with Crippen LogP contribution in [0.25, 0.3) is 0 Å². The third-order valence-electron chi connectivity index (χ3n) is 4.54. The minimum absolute atomic E-state index is 0.0283. The van der Waals surface area contributed by atoms with E-state index >= 15 is 0 Å². The minimum atomic E-state index is -4.27. The molecule has 2 rings (SSSR count). The first-order valence-electron chi connectivity index (χ1n) is 11.8. The lowest BCUT2D eigenvalue weighted by molar-refractivity contribution is -0.0369. The zero-order valence-corrected chi connectivity index (χ0v) is 23.2. The second-order valence-corrected chi connectivity index (χ2v) is 11.9. The highest BCUT2D eigenvalue weighted by Crippen LogP contribution is 2.18. The lowest BCUT2D eigenvalue weighted by Crippen LogP contribution is -2.27. The topological polar surface area (TPSA) is 94.1 Å². The summed E-state index contributed by atoms with van der Waals surface area (Å²) in [4.78, 5) is -0.178. The highest BCUT2D eigenvalue weighted by atomic mass is 32.2. The molecule has 0 saturated carbocycles. The molecule has 0 aliphatic rings. The van der Waals surface area contributed by atoms with E-state index in [1.807, 2.05) is 31.2 Å². The molecule has 0 fully saturated rings. The lowest BCUT2D eigenvalue weighted by Gasteiger charge is -2.18. The molecule has 0 heterocycles. The van der Waals surface area contributed by atoms with E-state index in [-0.39, 0.29) is 11.0 Å². The van der Waals surface area contributed by atoms with Crippen LogP contribution in [0.3, 0.4) is 0 Å². The van der Waals surface area contributed by atoms with Crippen LogP contribution in [0.15, 0.2) is 53.4 Å².